The molecular formula is C4H3Br3Cl3. The number of alkyl halides is 6. The normalized spacial score (nSPS) is 13.8. The molecule has 10 heavy (non-hydrogen) atoms. The predicted octanol–water partition coefficient (Wildman–Crippen LogP) is 4.79. The summed E-state index contributed by atoms with van der Waals surface area (Å²) in [6.45, 7) is 0. The molecule has 0 spiro atoms. The van der Waals surface area contributed by atoms with Gasteiger partial charge in [-0.1, -0.05) is 82.6 Å². The fourth-order valence-electron chi connectivity index (χ4n) is 0.231. The Bertz CT molecular complexity index is 89.3. The van der Waals surface area contributed by atoms with Crippen LogP contribution in [-0.4, -0.2) is 5.94 Å². The first-order valence-electron chi connectivity index (χ1n) is 2.18. The minimum absolute atomic E-state index is 0.364. The largest absolute Gasteiger partial charge is 0.193 e. The van der Waals surface area contributed by atoms with Crippen molar-refractivity contribution in [3.05, 3.63) is 6.42 Å². The van der Waals surface area contributed by atoms with Crippen molar-refractivity contribution < 1.29 is 0 Å². The molecule has 1 radical (unpaired) electrons. The quantitative estimate of drug-likeness (QED) is 0.559. The van der Waals surface area contributed by atoms with Crippen molar-refractivity contribution in [2.24, 2.45) is 0 Å². The summed E-state index contributed by atoms with van der Waals surface area (Å²) in [4.78, 5) is 0. The van der Waals surface area contributed by atoms with Gasteiger partial charge in [-0.15, -0.1) is 0 Å². The molecule has 0 aliphatic heterocycles. The van der Waals surface area contributed by atoms with E-state index >= 15 is 0 Å². The minimum Gasteiger partial charge on any atom is -0.0834 e. The van der Waals surface area contributed by atoms with Gasteiger partial charge in [0.15, 0.2) is 3.79 Å². The molecule has 0 aliphatic rings. The van der Waals surface area contributed by atoms with E-state index < -0.39 is 3.79 Å². The van der Waals surface area contributed by atoms with Gasteiger partial charge in [0.2, 0.25) is 0 Å². The van der Waals surface area contributed by atoms with Gasteiger partial charge in [0, 0.05) is 6.42 Å². The van der Waals surface area contributed by atoms with E-state index in [0.717, 1.165) is 0 Å². The highest BCUT2D eigenvalue weighted by molar-refractivity contribution is 9.39. The maximum absolute atomic E-state index is 5.45. The van der Waals surface area contributed by atoms with Crippen molar-refractivity contribution in [1.29, 1.82) is 0 Å². The maximum atomic E-state index is 5.45. The molecule has 0 saturated carbocycles. The third-order valence-electron chi connectivity index (χ3n) is 0.565. The van der Waals surface area contributed by atoms with Crippen molar-refractivity contribution in [3.8, 4) is 0 Å². The van der Waals surface area contributed by atoms with E-state index in [9.17, 15) is 0 Å². The van der Waals surface area contributed by atoms with Crippen LogP contribution in [0, 0.1) is 6.42 Å². The Morgan fingerprint density at radius 1 is 1.10 bits per heavy atom. The molecule has 0 bridgehead atoms. The van der Waals surface area contributed by atoms with Gasteiger partial charge in [-0.25, -0.2) is 0 Å². The second kappa shape index (κ2) is 4.52. The Kier molecular flexibility index (Phi) is 5.56. The molecule has 0 rings (SSSR count). The zero-order valence-electron chi connectivity index (χ0n) is 4.55. The molecule has 6 heteroatoms. The lowest BCUT2D eigenvalue weighted by Gasteiger charge is -2.15. The van der Waals surface area contributed by atoms with Crippen LogP contribution in [0.2, 0.25) is 0 Å². The summed E-state index contributed by atoms with van der Waals surface area (Å²) in [5.74, 6) is 0. The van der Waals surface area contributed by atoms with Crippen LogP contribution in [0.1, 0.15) is 6.42 Å². The lowest BCUT2D eigenvalue weighted by Crippen LogP contribution is -2.09. The lowest BCUT2D eigenvalue weighted by atomic mass is 10.4. The van der Waals surface area contributed by atoms with Gasteiger partial charge < -0.3 is 0 Å². The minimum atomic E-state index is -1.29. The van der Waals surface area contributed by atoms with E-state index in [1.807, 2.05) is 0 Å². The second-order valence-corrected chi connectivity index (χ2v) is 11.2. The van der Waals surface area contributed by atoms with Gasteiger partial charge in [-0.2, -0.15) is 0 Å². The summed E-state index contributed by atoms with van der Waals surface area (Å²) >= 11 is 26.1. The highest BCUT2D eigenvalue weighted by Crippen LogP contribution is 2.42. The van der Waals surface area contributed by atoms with Crippen molar-refractivity contribution in [2.75, 3.05) is 0 Å². The molecule has 61 valence electrons. The number of hydrogen-bond donors (Lipinski definition) is 0. The Morgan fingerprint density at radius 3 is 1.60 bits per heavy atom. The molecule has 0 aromatic heterocycles. The average Bonchev–Trinajstić information content (AvgIpc) is 1.57. The topological polar surface area (TPSA) is 0 Å². The summed E-state index contributed by atoms with van der Waals surface area (Å²) < 4.78 is -1.66. The fraction of sp³-hybridized carbons (Fsp3) is 0.750. The lowest BCUT2D eigenvalue weighted by molar-refractivity contribution is 1.01. The van der Waals surface area contributed by atoms with Crippen LogP contribution in [0.4, 0.5) is 0 Å². The molecule has 0 saturated heterocycles. The van der Waals surface area contributed by atoms with E-state index in [0.29, 0.717) is 6.42 Å². The summed E-state index contributed by atoms with van der Waals surface area (Å²) in [5.41, 5.74) is 0. The summed E-state index contributed by atoms with van der Waals surface area (Å²) in [6.07, 6.45) is 2.11. The third-order valence-corrected chi connectivity index (χ3v) is 2.00. The molecule has 0 atom stereocenters. The van der Waals surface area contributed by atoms with Gasteiger partial charge in [0.05, 0.1) is 0 Å². The highest BCUT2D eigenvalue weighted by atomic mass is 80.0. The number of rotatable bonds is 1. The first-order valence-corrected chi connectivity index (χ1v) is 5.70. The summed E-state index contributed by atoms with van der Waals surface area (Å²) in [5, 5.41) is 0. The zero-order chi connectivity index (χ0) is 8.41. The van der Waals surface area contributed by atoms with Crippen LogP contribution in [0.3, 0.4) is 0 Å². The average molecular weight is 397 g/mol. The molecule has 0 aromatic carbocycles. The first kappa shape index (κ1) is 12.3. The molecule has 0 heterocycles. The SMILES string of the molecule is ClC(Cl)(Cl)[CH]CC(Br)(Br)Br. The Balaban J connectivity index is 3.56. The standard InChI is InChI=1S/C4H3Br3Cl3/c5-3(6,7)1-2-4(8,9)10/h2H,1H2. The number of halogens is 6. The van der Waals surface area contributed by atoms with Crippen molar-refractivity contribution in [1.82, 2.24) is 0 Å². The summed E-state index contributed by atoms with van der Waals surface area (Å²) in [6, 6.07) is 0. The molecule has 0 unspecified atom stereocenters. The van der Waals surface area contributed by atoms with E-state index in [4.69, 9.17) is 34.8 Å². The summed E-state index contributed by atoms with van der Waals surface area (Å²) in [7, 11) is 0. The molecule has 0 nitrogen and oxygen atoms in total. The van der Waals surface area contributed by atoms with Crippen LogP contribution in [0.15, 0.2) is 0 Å². The number of hydrogen-bond acceptors (Lipinski definition) is 0. The molecule has 0 fully saturated rings. The van der Waals surface area contributed by atoms with Gasteiger partial charge in [-0.05, 0) is 6.42 Å². The fourth-order valence-corrected chi connectivity index (χ4v) is 0.949. The maximum Gasteiger partial charge on any atom is 0.193 e. The van der Waals surface area contributed by atoms with E-state index in [2.05, 4.69) is 47.8 Å². The Labute approximate surface area is 100 Å². The monoisotopic (exact) mass is 393 g/mol. The van der Waals surface area contributed by atoms with Crippen LogP contribution in [-0.2, 0) is 0 Å². The smallest absolute Gasteiger partial charge is 0.0834 e. The van der Waals surface area contributed by atoms with Crippen LogP contribution >= 0.6 is 82.6 Å². The molecule has 0 aliphatic carbocycles. The van der Waals surface area contributed by atoms with Crippen LogP contribution in [0.25, 0.3) is 0 Å². The van der Waals surface area contributed by atoms with E-state index in [1.54, 1.807) is 6.42 Å². The molecular weight excluding hydrogens is 394 g/mol. The van der Waals surface area contributed by atoms with Crippen molar-refractivity contribution >= 4 is 82.6 Å². The molecule has 0 aromatic rings. The zero-order valence-corrected chi connectivity index (χ0v) is 11.6. The third kappa shape index (κ3) is 10.3. The van der Waals surface area contributed by atoms with Crippen LogP contribution in [0.5, 0.6) is 0 Å². The van der Waals surface area contributed by atoms with Crippen molar-refractivity contribution in [3.63, 3.8) is 0 Å². The molecule has 0 N–H and O–H groups in total. The van der Waals surface area contributed by atoms with Crippen molar-refractivity contribution in [2.45, 2.75) is 12.4 Å². The van der Waals surface area contributed by atoms with Gasteiger partial charge in [0.1, 0.15) is 2.14 Å². The van der Waals surface area contributed by atoms with Gasteiger partial charge in [-0.3, -0.25) is 0 Å². The van der Waals surface area contributed by atoms with Crippen LogP contribution < -0.4 is 0 Å². The second-order valence-electron chi connectivity index (χ2n) is 1.57. The van der Waals surface area contributed by atoms with Gasteiger partial charge in [0.25, 0.3) is 0 Å². The van der Waals surface area contributed by atoms with E-state index in [-0.39, 0.29) is 2.14 Å². The predicted molar refractivity (Wildman–Crippen MR) is 58.7 cm³/mol. The van der Waals surface area contributed by atoms with E-state index in [1.165, 1.54) is 0 Å². The first-order chi connectivity index (χ1) is 4.21. The Hall–Kier alpha value is 2.31. The Morgan fingerprint density at radius 2 is 1.50 bits per heavy atom. The molecule has 0 amide bonds. The highest BCUT2D eigenvalue weighted by Gasteiger charge is 2.26. The van der Waals surface area contributed by atoms with Gasteiger partial charge >= 0.3 is 0 Å².